The van der Waals surface area contributed by atoms with E-state index in [-0.39, 0.29) is 11.9 Å². The zero-order chi connectivity index (χ0) is 19.8. The molecule has 6 heteroatoms. The molecule has 5 rings (SSSR count). The molecule has 150 valence electrons. The molecule has 0 radical (unpaired) electrons. The van der Waals surface area contributed by atoms with Gasteiger partial charge < -0.3 is 14.5 Å². The molecule has 1 fully saturated rings. The Morgan fingerprint density at radius 2 is 1.90 bits per heavy atom. The minimum atomic E-state index is 0.131. The fourth-order valence-corrected chi connectivity index (χ4v) is 6.39. The number of hydrogen-bond acceptors (Lipinski definition) is 5. The van der Waals surface area contributed by atoms with Gasteiger partial charge in [-0.25, -0.2) is 0 Å². The number of carbonyl (C=O) groups excluding carboxylic acids is 1. The summed E-state index contributed by atoms with van der Waals surface area (Å²) >= 11 is 3.44. The normalized spacial score (nSPS) is 19.3. The first-order valence-electron chi connectivity index (χ1n) is 10.1. The van der Waals surface area contributed by atoms with E-state index < -0.39 is 0 Å². The van der Waals surface area contributed by atoms with Crippen LogP contribution in [0.3, 0.4) is 0 Å². The van der Waals surface area contributed by atoms with Crippen LogP contribution in [-0.2, 0) is 11.2 Å². The van der Waals surface area contributed by atoms with Gasteiger partial charge >= 0.3 is 0 Å². The summed E-state index contributed by atoms with van der Waals surface area (Å²) < 4.78 is 5.54. The molecule has 4 nitrogen and oxygen atoms in total. The number of ether oxygens (including phenoxy) is 1. The van der Waals surface area contributed by atoms with Gasteiger partial charge in [0.25, 0.3) is 5.91 Å². The summed E-state index contributed by atoms with van der Waals surface area (Å²) in [5.74, 6) is 0.149. The number of rotatable bonds is 3. The highest BCUT2D eigenvalue weighted by atomic mass is 32.1. The highest BCUT2D eigenvalue weighted by Gasteiger charge is 2.31. The number of amides is 1. The molecular weight excluding hydrogens is 400 g/mol. The largest absolute Gasteiger partial charge is 0.378 e. The van der Waals surface area contributed by atoms with Crippen LogP contribution in [0, 0.1) is 0 Å². The lowest BCUT2D eigenvalue weighted by molar-refractivity contribution is 0.0684. The van der Waals surface area contributed by atoms with E-state index in [1.54, 1.807) is 11.3 Å². The lowest BCUT2D eigenvalue weighted by Crippen LogP contribution is -2.38. The third-order valence-electron chi connectivity index (χ3n) is 5.84. The average Bonchev–Trinajstić information content (AvgIpc) is 3.43. The lowest BCUT2D eigenvalue weighted by Gasteiger charge is -2.33. The van der Waals surface area contributed by atoms with Gasteiger partial charge in [-0.1, -0.05) is 30.3 Å². The predicted molar refractivity (Wildman–Crippen MR) is 120 cm³/mol. The number of carbonyl (C=O) groups is 1. The van der Waals surface area contributed by atoms with Crippen molar-refractivity contribution in [2.24, 2.45) is 0 Å². The molecule has 3 aromatic rings. The number of anilines is 1. The van der Waals surface area contributed by atoms with Crippen molar-refractivity contribution < 1.29 is 9.53 Å². The van der Waals surface area contributed by atoms with E-state index in [4.69, 9.17) is 4.74 Å². The number of benzene rings is 1. The van der Waals surface area contributed by atoms with Crippen LogP contribution < -0.4 is 4.90 Å². The summed E-state index contributed by atoms with van der Waals surface area (Å²) in [6.07, 6.45) is 0.955. The maximum atomic E-state index is 13.5. The van der Waals surface area contributed by atoms with Crippen molar-refractivity contribution in [2.45, 2.75) is 19.4 Å². The van der Waals surface area contributed by atoms with Crippen LogP contribution >= 0.6 is 22.7 Å². The van der Waals surface area contributed by atoms with Crippen molar-refractivity contribution in [2.75, 3.05) is 37.7 Å². The molecule has 0 saturated carbocycles. The third-order valence-corrected chi connectivity index (χ3v) is 8.02. The lowest BCUT2D eigenvalue weighted by atomic mass is 10.0. The zero-order valence-corrected chi connectivity index (χ0v) is 18.1. The summed E-state index contributed by atoms with van der Waals surface area (Å²) in [7, 11) is 0. The predicted octanol–water partition coefficient (Wildman–Crippen LogP) is 5.07. The van der Waals surface area contributed by atoms with Crippen molar-refractivity contribution in [3.05, 3.63) is 63.2 Å². The fraction of sp³-hybridized carbons (Fsp3) is 0.348. The van der Waals surface area contributed by atoms with E-state index in [9.17, 15) is 4.79 Å². The summed E-state index contributed by atoms with van der Waals surface area (Å²) in [5.41, 5.74) is 3.63. The highest BCUT2D eigenvalue weighted by Crippen LogP contribution is 2.41. The van der Waals surface area contributed by atoms with Gasteiger partial charge in [0.05, 0.1) is 29.1 Å². The molecule has 1 saturated heterocycles. The zero-order valence-electron chi connectivity index (χ0n) is 16.5. The minimum Gasteiger partial charge on any atom is -0.378 e. The van der Waals surface area contributed by atoms with Crippen molar-refractivity contribution in [3.8, 4) is 11.1 Å². The van der Waals surface area contributed by atoms with Crippen molar-refractivity contribution in [3.63, 3.8) is 0 Å². The number of nitrogens with zero attached hydrogens (tertiary/aromatic N) is 2. The summed E-state index contributed by atoms with van der Waals surface area (Å²) in [5, 5.41) is 3.33. The molecule has 4 heterocycles. The number of fused-ring (bicyclic) bond motifs is 1. The molecule has 2 aliphatic rings. The first-order valence-corrected chi connectivity index (χ1v) is 11.8. The fourth-order valence-electron chi connectivity index (χ4n) is 4.24. The standard InChI is InChI=1S/C23H24N2O2S2/c1-16-18-8-14-28-20(18)7-9-25(16)22(26)21-15-19(17-5-3-2-4-6-17)23(29-21)24-10-12-27-13-11-24/h2-6,8,14-16H,7,9-13H2,1H3/t16-/m0/s1. The van der Waals surface area contributed by atoms with Crippen LogP contribution in [0.1, 0.15) is 33.1 Å². The van der Waals surface area contributed by atoms with E-state index in [1.165, 1.54) is 15.4 Å². The Balaban J connectivity index is 1.50. The number of morpholine rings is 1. The van der Waals surface area contributed by atoms with Crippen LogP contribution in [0.25, 0.3) is 11.1 Å². The van der Waals surface area contributed by atoms with Crippen LogP contribution in [0.2, 0.25) is 0 Å². The Bertz CT molecular complexity index is 1010. The topological polar surface area (TPSA) is 32.8 Å². The van der Waals surface area contributed by atoms with Gasteiger partial charge in [-0.05, 0) is 42.0 Å². The smallest absolute Gasteiger partial charge is 0.264 e. The Kier molecular flexibility index (Phi) is 5.16. The number of hydrogen-bond donors (Lipinski definition) is 0. The quantitative estimate of drug-likeness (QED) is 0.588. The Labute approximate surface area is 179 Å². The maximum Gasteiger partial charge on any atom is 0.264 e. The van der Waals surface area contributed by atoms with Gasteiger partial charge in [-0.3, -0.25) is 4.79 Å². The first-order chi connectivity index (χ1) is 14.2. The van der Waals surface area contributed by atoms with Crippen LogP contribution in [0.4, 0.5) is 5.00 Å². The van der Waals surface area contributed by atoms with Crippen molar-refractivity contribution in [1.82, 2.24) is 4.90 Å². The highest BCUT2D eigenvalue weighted by molar-refractivity contribution is 7.18. The molecule has 2 aliphatic heterocycles. The van der Waals surface area contributed by atoms with Gasteiger partial charge in [0.15, 0.2) is 0 Å². The van der Waals surface area contributed by atoms with E-state index in [0.717, 1.165) is 55.3 Å². The molecule has 0 unspecified atom stereocenters. The van der Waals surface area contributed by atoms with Crippen molar-refractivity contribution in [1.29, 1.82) is 0 Å². The van der Waals surface area contributed by atoms with E-state index in [0.29, 0.717) is 0 Å². The SMILES string of the molecule is C[C@H]1c2ccsc2CCN1C(=O)c1cc(-c2ccccc2)c(N2CCOCC2)s1. The van der Waals surface area contributed by atoms with Gasteiger partial charge in [0.2, 0.25) is 0 Å². The molecule has 29 heavy (non-hydrogen) atoms. The monoisotopic (exact) mass is 424 g/mol. The average molecular weight is 425 g/mol. The molecule has 0 bridgehead atoms. The van der Waals surface area contributed by atoms with Gasteiger partial charge in [-0.15, -0.1) is 22.7 Å². The van der Waals surface area contributed by atoms with Crippen LogP contribution in [-0.4, -0.2) is 43.7 Å². The number of thiophene rings is 2. The maximum absolute atomic E-state index is 13.5. The van der Waals surface area contributed by atoms with Crippen LogP contribution in [0.5, 0.6) is 0 Å². The molecule has 1 atom stereocenters. The summed E-state index contributed by atoms with van der Waals surface area (Å²) in [4.78, 5) is 20.2. The minimum absolute atomic E-state index is 0.131. The third kappa shape index (κ3) is 3.50. The first kappa shape index (κ1) is 18.9. The molecule has 0 aliphatic carbocycles. The second-order valence-corrected chi connectivity index (χ2v) is 9.55. The molecule has 0 spiro atoms. The van der Waals surface area contributed by atoms with Gasteiger partial charge in [-0.2, -0.15) is 0 Å². The van der Waals surface area contributed by atoms with Crippen LogP contribution in [0.15, 0.2) is 47.8 Å². The molecule has 0 N–H and O–H groups in total. The molecular formula is C23H24N2O2S2. The van der Waals surface area contributed by atoms with E-state index in [1.807, 2.05) is 22.3 Å². The Hall–Kier alpha value is -2.15. The summed E-state index contributed by atoms with van der Waals surface area (Å²) in [6, 6.07) is 14.8. The molecule has 2 aromatic heterocycles. The van der Waals surface area contributed by atoms with E-state index in [2.05, 4.69) is 53.6 Å². The second kappa shape index (κ2) is 7.94. The molecule has 1 aromatic carbocycles. The Morgan fingerprint density at radius 3 is 2.69 bits per heavy atom. The van der Waals surface area contributed by atoms with Gasteiger partial charge in [0.1, 0.15) is 0 Å². The summed E-state index contributed by atoms with van der Waals surface area (Å²) in [6.45, 7) is 6.15. The second-order valence-electron chi connectivity index (χ2n) is 7.52. The van der Waals surface area contributed by atoms with E-state index >= 15 is 0 Å². The van der Waals surface area contributed by atoms with Crippen molar-refractivity contribution >= 4 is 33.6 Å². The Morgan fingerprint density at radius 1 is 1.10 bits per heavy atom. The molecule has 1 amide bonds. The van der Waals surface area contributed by atoms with Gasteiger partial charge in [0, 0.05) is 30.1 Å².